The number of hydrogen-bond donors (Lipinski definition) is 1. The smallest absolute Gasteiger partial charge is 0.228 e. The van der Waals surface area contributed by atoms with E-state index in [9.17, 15) is 4.79 Å². The summed E-state index contributed by atoms with van der Waals surface area (Å²) in [5.41, 5.74) is 4.64. The fourth-order valence-electron chi connectivity index (χ4n) is 5.08. The number of fused-ring (bicyclic) bond motifs is 2. The van der Waals surface area contributed by atoms with Crippen molar-refractivity contribution in [3.8, 4) is 0 Å². The van der Waals surface area contributed by atoms with Crippen LogP contribution in [-0.4, -0.2) is 47.2 Å². The maximum absolute atomic E-state index is 12.9. The predicted molar refractivity (Wildman–Crippen MR) is 125 cm³/mol. The topological polar surface area (TPSA) is 72.3 Å². The van der Waals surface area contributed by atoms with E-state index in [-0.39, 0.29) is 5.91 Å². The van der Waals surface area contributed by atoms with Crippen molar-refractivity contribution in [2.75, 3.05) is 31.7 Å². The Morgan fingerprint density at radius 1 is 1.16 bits per heavy atom. The maximum Gasteiger partial charge on any atom is 0.228 e. The molecule has 32 heavy (non-hydrogen) atoms. The Morgan fingerprint density at radius 2 is 1.97 bits per heavy atom. The lowest BCUT2D eigenvalue weighted by molar-refractivity contribution is -0.118. The summed E-state index contributed by atoms with van der Waals surface area (Å²) in [6.07, 6.45) is 6.42. The second-order valence-corrected chi connectivity index (χ2v) is 8.78. The number of ether oxygens (including phenoxy) is 1. The highest BCUT2D eigenvalue weighted by atomic mass is 16.5. The van der Waals surface area contributed by atoms with Crippen LogP contribution in [0.15, 0.2) is 30.5 Å². The van der Waals surface area contributed by atoms with E-state index in [2.05, 4.69) is 45.3 Å². The molecule has 0 radical (unpaired) electrons. The lowest BCUT2D eigenvalue weighted by atomic mass is 10.0. The van der Waals surface area contributed by atoms with Gasteiger partial charge >= 0.3 is 0 Å². The van der Waals surface area contributed by atoms with Crippen LogP contribution in [-0.2, 0) is 28.9 Å². The third-order valence-corrected chi connectivity index (χ3v) is 6.73. The first kappa shape index (κ1) is 21.1. The Morgan fingerprint density at radius 3 is 2.78 bits per heavy atom. The van der Waals surface area contributed by atoms with Crippen molar-refractivity contribution in [2.45, 2.75) is 51.6 Å². The third kappa shape index (κ3) is 3.91. The van der Waals surface area contributed by atoms with Crippen molar-refractivity contribution in [3.05, 3.63) is 53.1 Å². The Hall–Kier alpha value is -2.77. The molecule has 0 saturated carbocycles. The van der Waals surface area contributed by atoms with Gasteiger partial charge in [0, 0.05) is 60.6 Å². The first-order chi connectivity index (χ1) is 15.7. The molecule has 1 aromatic carbocycles. The first-order valence-electron chi connectivity index (χ1n) is 11.6. The van der Waals surface area contributed by atoms with Gasteiger partial charge in [-0.3, -0.25) is 9.69 Å². The molecule has 7 nitrogen and oxygen atoms in total. The molecule has 1 fully saturated rings. The van der Waals surface area contributed by atoms with Gasteiger partial charge in [-0.05, 0) is 51.3 Å². The summed E-state index contributed by atoms with van der Waals surface area (Å²) >= 11 is 0. The van der Waals surface area contributed by atoms with Gasteiger partial charge in [0.2, 0.25) is 5.91 Å². The van der Waals surface area contributed by atoms with Crippen LogP contribution in [0.25, 0.3) is 10.9 Å². The van der Waals surface area contributed by atoms with Gasteiger partial charge in [0.25, 0.3) is 0 Å². The molecular formula is C25H31N5O2. The zero-order valence-electron chi connectivity index (χ0n) is 18.9. The lowest BCUT2D eigenvalue weighted by Crippen LogP contribution is -2.38. The van der Waals surface area contributed by atoms with Crippen molar-refractivity contribution >= 4 is 22.6 Å². The quantitative estimate of drug-likeness (QED) is 0.646. The number of anilines is 1. The van der Waals surface area contributed by atoms with Gasteiger partial charge in [-0.2, -0.15) is 0 Å². The maximum atomic E-state index is 12.9. The molecule has 0 aliphatic carbocycles. The van der Waals surface area contributed by atoms with Crippen molar-refractivity contribution in [3.63, 3.8) is 0 Å². The molecular weight excluding hydrogens is 402 g/mol. The number of aromatic nitrogens is 3. The van der Waals surface area contributed by atoms with Gasteiger partial charge in [-0.15, -0.1) is 0 Å². The van der Waals surface area contributed by atoms with E-state index in [0.717, 1.165) is 61.8 Å². The van der Waals surface area contributed by atoms with E-state index in [1.165, 1.54) is 16.5 Å². The summed E-state index contributed by atoms with van der Waals surface area (Å²) < 4.78 is 8.00. The summed E-state index contributed by atoms with van der Waals surface area (Å²) in [4.78, 5) is 24.2. The highest BCUT2D eigenvalue weighted by Crippen LogP contribution is 2.32. The number of para-hydroxylation sites is 1. The Kier molecular flexibility index (Phi) is 5.93. The average molecular weight is 434 g/mol. The largest absolute Gasteiger partial charge is 0.381 e. The minimum Gasteiger partial charge on any atom is -0.381 e. The van der Waals surface area contributed by atoms with Crippen LogP contribution >= 0.6 is 0 Å². The lowest BCUT2D eigenvalue weighted by Gasteiger charge is -2.29. The number of carbonyl (C=O) groups excluding carboxylic acids is 1. The van der Waals surface area contributed by atoms with Gasteiger partial charge < -0.3 is 14.6 Å². The molecule has 4 heterocycles. The molecule has 0 bridgehead atoms. The Balaban J connectivity index is 1.44. The fraction of sp³-hybridized carbons (Fsp3) is 0.480. The molecule has 1 amide bonds. The SMILES string of the molecule is CNCc1nc(C)c2c(n1)N(CCc1cn(C3CCOCC3)c3ccccc13)C(=O)CC2. The molecule has 0 atom stereocenters. The molecule has 2 aromatic heterocycles. The van der Waals surface area contributed by atoms with E-state index in [0.29, 0.717) is 25.6 Å². The van der Waals surface area contributed by atoms with Crippen molar-refractivity contribution in [1.82, 2.24) is 19.9 Å². The van der Waals surface area contributed by atoms with Gasteiger partial charge in [0.15, 0.2) is 0 Å². The van der Waals surface area contributed by atoms with E-state index in [1.54, 1.807) is 0 Å². The molecule has 3 aromatic rings. The zero-order valence-corrected chi connectivity index (χ0v) is 18.9. The number of nitrogens with one attached hydrogen (secondary N) is 1. The van der Waals surface area contributed by atoms with E-state index < -0.39 is 0 Å². The predicted octanol–water partition coefficient (Wildman–Crippen LogP) is 3.33. The van der Waals surface area contributed by atoms with Crippen LogP contribution in [0.5, 0.6) is 0 Å². The average Bonchev–Trinajstić information content (AvgIpc) is 3.18. The number of carbonyl (C=O) groups is 1. The minimum atomic E-state index is 0.152. The molecule has 2 aliphatic heterocycles. The first-order valence-corrected chi connectivity index (χ1v) is 11.6. The Bertz CT molecular complexity index is 1130. The molecule has 1 N–H and O–H groups in total. The zero-order chi connectivity index (χ0) is 22.1. The summed E-state index contributed by atoms with van der Waals surface area (Å²) in [7, 11) is 1.88. The summed E-state index contributed by atoms with van der Waals surface area (Å²) in [5.74, 6) is 1.69. The van der Waals surface area contributed by atoms with Crippen LogP contribution in [0, 0.1) is 6.92 Å². The van der Waals surface area contributed by atoms with Crippen LogP contribution in [0.1, 0.15) is 47.9 Å². The van der Waals surface area contributed by atoms with Crippen molar-refractivity contribution in [2.24, 2.45) is 0 Å². The summed E-state index contributed by atoms with van der Waals surface area (Å²) in [6.45, 7) is 4.88. The summed E-state index contributed by atoms with van der Waals surface area (Å²) in [5, 5.41) is 4.39. The van der Waals surface area contributed by atoms with E-state index in [4.69, 9.17) is 9.72 Å². The van der Waals surface area contributed by atoms with Gasteiger partial charge in [0.05, 0.1) is 6.54 Å². The number of benzene rings is 1. The van der Waals surface area contributed by atoms with Crippen LogP contribution < -0.4 is 10.2 Å². The molecule has 168 valence electrons. The highest BCUT2D eigenvalue weighted by molar-refractivity contribution is 5.95. The normalized spacial score (nSPS) is 17.2. The number of nitrogens with zero attached hydrogens (tertiary/aromatic N) is 4. The van der Waals surface area contributed by atoms with Crippen molar-refractivity contribution in [1.29, 1.82) is 0 Å². The van der Waals surface area contributed by atoms with E-state index >= 15 is 0 Å². The third-order valence-electron chi connectivity index (χ3n) is 6.73. The minimum absolute atomic E-state index is 0.152. The molecule has 7 heteroatoms. The number of amides is 1. The molecule has 2 aliphatic rings. The molecule has 5 rings (SSSR count). The van der Waals surface area contributed by atoms with Gasteiger partial charge in [-0.25, -0.2) is 9.97 Å². The van der Waals surface area contributed by atoms with Crippen LogP contribution in [0.4, 0.5) is 5.82 Å². The Labute approximate surface area is 188 Å². The van der Waals surface area contributed by atoms with Crippen molar-refractivity contribution < 1.29 is 9.53 Å². The number of aryl methyl sites for hydroxylation is 1. The fourth-order valence-corrected chi connectivity index (χ4v) is 5.08. The second-order valence-electron chi connectivity index (χ2n) is 8.78. The molecule has 1 saturated heterocycles. The summed E-state index contributed by atoms with van der Waals surface area (Å²) in [6, 6.07) is 9.08. The van der Waals surface area contributed by atoms with Crippen LogP contribution in [0.3, 0.4) is 0 Å². The van der Waals surface area contributed by atoms with Crippen LogP contribution in [0.2, 0.25) is 0 Å². The number of hydrogen-bond acceptors (Lipinski definition) is 5. The van der Waals surface area contributed by atoms with Gasteiger partial charge in [0.1, 0.15) is 11.6 Å². The molecule has 0 spiro atoms. The monoisotopic (exact) mass is 433 g/mol. The standard InChI is InChI=1S/C25H31N5O2/c1-17-20-7-8-24(31)29(25(20)28-23(27-17)15-26-2)12-9-18-16-30(19-10-13-32-14-11-19)22-6-4-3-5-21(18)22/h3-6,16,19,26H,7-15H2,1-2H3. The van der Waals surface area contributed by atoms with E-state index in [1.807, 2.05) is 18.9 Å². The second kappa shape index (κ2) is 9.00. The molecule has 0 unspecified atom stereocenters. The number of rotatable bonds is 6. The highest BCUT2D eigenvalue weighted by Gasteiger charge is 2.28. The van der Waals surface area contributed by atoms with Gasteiger partial charge in [-0.1, -0.05) is 18.2 Å².